The Hall–Kier alpha value is -1.64. The molecule has 22 heavy (non-hydrogen) atoms. The zero-order valence-corrected chi connectivity index (χ0v) is 14.1. The van der Waals surface area contributed by atoms with Crippen LogP contribution in [0.2, 0.25) is 0 Å². The summed E-state index contributed by atoms with van der Waals surface area (Å²) in [4.78, 5) is 2.14. The van der Waals surface area contributed by atoms with E-state index in [-0.39, 0.29) is 5.92 Å². The van der Waals surface area contributed by atoms with E-state index < -0.39 is 5.60 Å². The highest BCUT2D eigenvalue weighted by molar-refractivity contribution is 5.31. The third kappa shape index (κ3) is 3.76. The molecule has 0 spiro atoms. The first-order valence-corrected chi connectivity index (χ1v) is 7.90. The van der Waals surface area contributed by atoms with Gasteiger partial charge in [0.05, 0.1) is 5.60 Å². The Morgan fingerprint density at radius 3 is 2.18 bits per heavy atom. The summed E-state index contributed by atoms with van der Waals surface area (Å²) < 4.78 is 0. The van der Waals surface area contributed by atoms with Gasteiger partial charge in [-0.15, -0.1) is 0 Å². The van der Waals surface area contributed by atoms with Crippen molar-refractivity contribution in [2.75, 3.05) is 20.6 Å². The van der Waals surface area contributed by atoms with E-state index in [0.29, 0.717) is 6.42 Å². The lowest BCUT2D eigenvalue weighted by Crippen LogP contribution is -2.41. The first kappa shape index (κ1) is 16.7. The molecule has 0 aromatic heterocycles. The molecule has 0 heterocycles. The molecule has 2 heteroatoms. The smallest absolute Gasteiger partial charge is 0.0974 e. The first-order valence-electron chi connectivity index (χ1n) is 7.90. The highest BCUT2D eigenvalue weighted by Crippen LogP contribution is 2.34. The van der Waals surface area contributed by atoms with Gasteiger partial charge >= 0.3 is 0 Å². The largest absolute Gasteiger partial charge is 0.384 e. The summed E-state index contributed by atoms with van der Waals surface area (Å²) in [6, 6.07) is 18.4. The SMILES string of the molecule is Cc1ccccc1CC(O)(c1ccccc1)C(C)CN(C)C. The van der Waals surface area contributed by atoms with Crippen molar-refractivity contribution in [3.05, 3.63) is 71.3 Å². The lowest BCUT2D eigenvalue weighted by molar-refractivity contribution is -0.0256. The number of nitrogens with zero attached hydrogens (tertiary/aromatic N) is 1. The summed E-state index contributed by atoms with van der Waals surface area (Å²) in [6.07, 6.45) is 0.638. The van der Waals surface area contributed by atoms with Crippen molar-refractivity contribution in [1.29, 1.82) is 0 Å². The number of rotatable bonds is 6. The highest BCUT2D eigenvalue weighted by Gasteiger charge is 2.36. The second-order valence-electron chi connectivity index (χ2n) is 6.56. The lowest BCUT2D eigenvalue weighted by atomic mass is 9.77. The molecule has 2 aromatic rings. The Labute approximate surface area is 134 Å². The van der Waals surface area contributed by atoms with Crippen LogP contribution in [0.15, 0.2) is 54.6 Å². The molecule has 2 nitrogen and oxygen atoms in total. The number of benzene rings is 2. The van der Waals surface area contributed by atoms with Crippen molar-refractivity contribution in [3.63, 3.8) is 0 Å². The second kappa shape index (κ2) is 7.08. The molecule has 0 radical (unpaired) electrons. The Bertz CT molecular complexity index is 594. The quantitative estimate of drug-likeness (QED) is 0.880. The van der Waals surface area contributed by atoms with E-state index in [1.54, 1.807) is 0 Å². The molecular formula is C20H27NO. The van der Waals surface area contributed by atoms with Gasteiger partial charge in [0.2, 0.25) is 0 Å². The summed E-state index contributed by atoms with van der Waals surface area (Å²) in [6.45, 7) is 5.08. The molecule has 0 saturated heterocycles. The third-order valence-corrected chi connectivity index (χ3v) is 4.45. The molecule has 2 unspecified atom stereocenters. The molecule has 0 bridgehead atoms. The number of aryl methyl sites for hydroxylation is 1. The van der Waals surface area contributed by atoms with Crippen LogP contribution in [0.4, 0.5) is 0 Å². The monoisotopic (exact) mass is 297 g/mol. The summed E-state index contributed by atoms with van der Waals surface area (Å²) in [7, 11) is 4.10. The predicted octanol–water partition coefficient (Wildman–Crippen LogP) is 3.62. The average Bonchev–Trinajstić information content (AvgIpc) is 2.49. The van der Waals surface area contributed by atoms with Crippen molar-refractivity contribution in [3.8, 4) is 0 Å². The van der Waals surface area contributed by atoms with Crippen LogP contribution in [-0.2, 0) is 12.0 Å². The lowest BCUT2D eigenvalue weighted by Gasteiger charge is -2.37. The van der Waals surface area contributed by atoms with E-state index in [4.69, 9.17) is 0 Å². The van der Waals surface area contributed by atoms with Crippen LogP contribution in [-0.4, -0.2) is 30.6 Å². The second-order valence-corrected chi connectivity index (χ2v) is 6.56. The van der Waals surface area contributed by atoms with Crippen molar-refractivity contribution >= 4 is 0 Å². The highest BCUT2D eigenvalue weighted by atomic mass is 16.3. The molecule has 2 aromatic carbocycles. The standard InChI is InChI=1S/C20H27NO/c1-16-10-8-9-11-18(16)14-20(22,17(2)15-21(3)4)19-12-6-5-7-13-19/h5-13,17,22H,14-15H2,1-4H3. The Morgan fingerprint density at radius 2 is 1.59 bits per heavy atom. The molecule has 0 saturated carbocycles. The molecule has 2 rings (SSSR count). The van der Waals surface area contributed by atoms with E-state index in [2.05, 4.69) is 45.0 Å². The normalized spacial score (nSPS) is 15.5. The van der Waals surface area contributed by atoms with Crippen LogP contribution in [0.5, 0.6) is 0 Å². The fourth-order valence-corrected chi connectivity index (χ4v) is 3.09. The van der Waals surface area contributed by atoms with Crippen LogP contribution in [0.3, 0.4) is 0 Å². The summed E-state index contributed by atoms with van der Waals surface area (Å²) in [5.41, 5.74) is 2.57. The molecule has 118 valence electrons. The molecule has 1 N–H and O–H groups in total. The zero-order chi connectivity index (χ0) is 16.2. The van der Waals surface area contributed by atoms with Crippen molar-refractivity contribution in [2.24, 2.45) is 5.92 Å². The van der Waals surface area contributed by atoms with E-state index in [0.717, 1.165) is 12.1 Å². The first-order chi connectivity index (χ1) is 10.4. The molecule has 0 fully saturated rings. The third-order valence-electron chi connectivity index (χ3n) is 4.45. The van der Waals surface area contributed by atoms with Crippen molar-refractivity contribution in [2.45, 2.75) is 25.9 Å². The van der Waals surface area contributed by atoms with Gasteiger partial charge in [-0.3, -0.25) is 0 Å². The zero-order valence-electron chi connectivity index (χ0n) is 14.1. The van der Waals surface area contributed by atoms with Crippen LogP contribution in [0.1, 0.15) is 23.6 Å². The number of hydrogen-bond acceptors (Lipinski definition) is 2. The van der Waals surface area contributed by atoms with Crippen LogP contribution in [0, 0.1) is 12.8 Å². The average molecular weight is 297 g/mol. The minimum atomic E-state index is -0.863. The van der Waals surface area contributed by atoms with Gasteiger partial charge in [0.25, 0.3) is 0 Å². The Kier molecular flexibility index (Phi) is 5.38. The maximum atomic E-state index is 11.6. The molecule has 0 amide bonds. The van der Waals surface area contributed by atoms with Crippen LogP contribution < -0.4 is 0 Å². The van der Waals surface area contributed by atoms with Gasteiger partial charge in [-0.2, -0.15) is 0 Å². The molecule has 0 aliphatic carbocycles. The fourth-order valence-electron chi connectivity index (χ4n) is 3.09. The van der Waals surface area contributed by atoms with Crippen LogP contribution >= 0.6 is 0 Å². The molecule has 0 aliphatic rings. The van der Waals surface area contributed by atoms with E-state index >= 15 is 0 Å². The fraction of sp³-hybridized carbons (Fsp3) is 0.400. The predicted molar refractivity (Wildman–Crippen MR) is 92.9 cm³/mol. The maximum Gasteiger partial charge on any atom is 0.0974 e. The molecule has 2 atom stereocenters. The van der Waals surface area contributed by atoms with E-state index in [1.807, 2.05) is 42.5 Å². The van der Waals surface area contributed by atoms with Gasteiger partial charge in [-0.25, -0.2) is 0 Å². The van der Waals surface area contributed by atoms with E-state index in [9.17, 15) is 5.11 Å². The van der Waals surface area contributed by atoms with E-state index in [1.165, 1.54) is 11.1 Å². The van der Waals surface area contributed by atoms with Crippen molar-refractivity contribution < 1.29 is 5.11 Å². The van der Waals surface area contributed by atoms with Crippen molar-refractivity contribution in [1.82, 2.24) is 4.90 Å². The summed E-state index contributed by atoms with van der Waals surface area (Å²) >= 11 is 0. The summed E-state index contributed by atoms with van der Waals surface area (Å²) in [5.74, 6) is 0.129. The maximum absolute atomic E-state index is 11.6. The van der Waals surface area contributed by atoms with Crippen LogP contribution in [0.25, 0.3) is 0 Å². The van der Waals surface area contributed by atoms with Gasteiger partial charge in [0.1, 0.15) is 0 Å². The number of aliphatic hydroxyl groups is 1. The van der Waals surface area contributed by atoms with Gasteiger partial charge in [0, 0.05) is 18.9 Å². The van der Waals surface area contributed by atoms with Gasteiger partial charge in [-0.05, 0) is 37.7 Å². The summed E-state index contributed by atoms with van der Waals surface area (Å²) in [5, 5.41) is 11.6. The topological polar surface area (TPSA) is 23.5 Å². The Morgan fingerprint density at radius 1 is 1.00 bits per heavy atom. The van der Waals surface area contributed by atoms with Gasteiger partial charge < -0.3 is 10.0 Å². The van der Waals surface area contributed by atoms with Gasteiger partial charge in [0.15, 0.2) is 0 Å². The molecule has 0 aliphatic heterocycles. The molecular weight excluding hydrogens is 270 g/mol. The number of hydrogen-bond donors (Lipinski definition) is 1. The van der Waals surface area contributed by atoms with Gasteiger partial charge in [-0.1, -0.05) is 61.5 Å². The Balaban J connectivity index is 2.39. The minimum absolute atomic E-state index is 0.129. The minimum Gasteiger partial charge on any atom is -0.384 e.